The van der Waals surface area contributed by atoms with Crippen molar-refractivity contribution in [3.05, 3.63) is 29.6 Å². The Morgan fingerprint density at radius 3 is 2.94 bits per heavy atom. The number of hydrogen-bond acceptors (Lipinski definition) is 4. The molecule has 0 bridgehead atoms. The number of nitrogens with one attached hydrogen (secondary N) is 2. The molecule has 17 heavy (non-hydrogen) atoms. The fourth-order valence-corrected chi connectivity index (χ4v) is 1.91. The molecule has 0 aliphatic heterocycles. The molecule has 6 heteroatoms. The van der Waals surface area contributed by atoms with E-state index in [2.05, 4.69) is 38.7 Å². The first-order valence-corrected chi connectivity index (χ1v) is 5.74. The highest BCUT2D eigenvalue weighted by Gasteiger charge is 2.10. The van der Waals surface area contributed by atoms with Crippen LogP contribution in [0.15, 0.2) is 12.5 Å². The summed E-state index contributed by atoms with van der Waals surface area (Å²) in [5.41, 5.74) is 2.32. The van der Waals surface area contributed by atoms with Crippen molar-refractivity contribution >= 4 is 0 Å². The van der Waals surface area contributed by atoms with Crippen molar-refractivity contribution in [2.24, 2.45) is 7.05 Å². The SMILES string of the molecule is Cc1nn(C)cc1C(C)NCCc1ncn[nH]1. The Kier molecular flexibility index (Phi) is 3.53. The Labute approximate surface area is 100 Å². The van der Waals surface area contributed by atoms with E-state index >= 15 is 0 Å². The molecule has 0 fully saturated rings. The summed E-state index contributed by atoms with van der Waals surface area (Å²) in [6.07, 6.45) is 4.44. The Balaban J connectivity index is 1.85. The van der Waals surface area contributed by atoms with Gasteiger partial charge in [0.1, 0.15) is 12.2 Å². The van der Waals surface area contributed by atoms with Gasteiger partial charge >= 0.3 is 0 Å². The summed E-state index contributed by atoms with van der Waals surface area (Å²) < 4.78 is 1.85. The number of nitrogens with zero attached hydrogens (tertiary/aromatic N) is 4. The molecule has 0 amide bonds. The fraction of sp³-hybridized carbons (Fsp3) is 0.545. The predicted octanol–water partition coefficient (Wildman–Crippen LogP) is 0.740. The van der Waals surface area contributed by atoms with E-state index in [4.69, 9.17) is 0 Å². The number of hydrogen-bond donors (Lipinski definition) is 2. The van der Waals surface area contributed by atoms with Crippen molar-refractivity contribution in [1.29, 1.82) is 0 Å². The van der Waals surface area contributed by atoms with Gasteiger partial charge in [0.15, 0.2) is 0 Å². The van der Waals surface area contributed by atoms with Gasteiger partial charge in [0, 0.05) is 37.8 Å². The van der Waals surface area contributed by atoms with Crippen LogP contribution in [0.2, 0.25) is 0 Å². The summed E-state index contributed by atoms with van der Waals surface area (Å²) in [7, 11) is 1.94. The minimum atomic E-state index is 0.298. The highest BCUT2D eigenvalue weighted by molar-refractivity contribution is 5.19. The van der Waals surface area contributed by atoms with E-state index < -0.39 is 0 Å². The van der Waals surface area contributed by atoms with Gasteiger partial charge < -0.3 is 5.32 Å². The minimum absolute atomic E-state index is 0.298. The molecule has 0 aromatic carbocycles. The van der Waals surface area contributed by atoms with Crippen LogP contribution in [0, 0.1) is 6.92 Å². The van der Waals surface area contributed by atoms with Gasteiger partial charge in [-0.05, 0) is 13.8 Å². The molecular formula is C11H18N6. The Morgan fingerprint density at radius 1 is 1.53 bits per heavy atom. The van der Waals surface area contributed by atoms with E-state index in [1.54, 1.807) is 0 Å². The molecule has 92 valence electrons. The summed E-state index contributed by atoms with van der Waals surface area (Å²) in [5.74, 6) is 0.910. The van der Waals surface area contributed by atoms with Crippen molar-refractivity contribution in [3.8, 4) is 0 Å². The number of aryl methyl sites for hydroxylation is 2. The second-order valence-corrected chi connectivity index (χ2v) is 4.20. The normalized spacial score (nSPS) is 12.9. The average Bonchev–Trinajstić information content (AvgIpc) is 2.88. The van der Waals surface area contributed by atoms with Crippen LogP contribution in [-0.4, -0.2) is 31.5 Å². The van der Waals surface area contributed by atoms with Crippen LogP contribution in [0.4, 0.5) is 0 Å². The van der Waals surface area contributed by atoms with E-state index in [0.29, 0.717) is 6.04 Å². The zero-order valence-corrected chi connectivity index (χ0v) is 10.4. The molecule has 2 heterocycles. The predicted molar refractivity (Wildman–Crippen MR) is 64.4 cm³/mol. The van der Waals surface area contributed by atoms with Crippen LogP contribution in [0.1, 0.15) is 30.0 Å². The number of H-pyrrole nitrogens is 1. The maximum absolute atomic E-state index is 4.34. The van der Waals surface area contributed by atoms with Gasteiger partial charge in [-0.25, -0.2) is 4.98 Å². The lowest BCUT2D eigenvalue weighted by Gasteiger charge is -2.12. The maximum Gasteiger partial charge on any atom is 0.137 e. The molecule has 0 spiro atoms. The van der Waals surface area contributed by atoms with Crippen LogP contribution in [0.25, 0.3) is 0 Å². The molecule has 0 aliphatic carbocycles. The van der Waals surface area contributed by atoms with Gasteiger partial charge in [0.25, 0.3) is 0 Å². The van der Waals surface area contributed by atoms with Gasteiger partial charge in [-0.15, -0.1) is 0 Å². The zero-order chi connectivity index (χ0) is 12.3. The zero-order valence-electron chi connectivity index (χ0n) is 10.4. The first-order valence-electron chi connectivity index (χ1n) is 5.74. The number of aromatic nitrogens is 5. The van der Waals surface area contributed by atoms with Crippen LogP contribution < -0.4 is 5.32 Å². The monoisotopic (exact) mass is 234 g/mol. The lowest BCUT2D eigenvalue weighted by Crippen LogP contribution is -2.22. The third-order valence-corrected chi connectivity index (χ3v) is 2.80. The van der Waals surface area contributed by atoms with Crippen molar-refractivity contribution in [1.82, 2.24) is 30.3 Å². The van der Waals surface area contributed by atoms with Gasteiger partial charge in [0.2, 0.25) is 0 Å². The Morgan fingerprint density at radius 2 is 2.35 bits per heavy atom. The van der Waals surface area contributed by atoms with Crippen LogP contribution >= 0.6 is 0 Å². The van der Waals surface area contributed by atoms with Gasteiger partial charge in [0.05, 0.1) is 5.69 Å². The summed E-state index contributed by atoms with van der Waals surface area (Å²) in [6.45, 7) is 5.04. The van der Waals surface area contributed by atoms with Crippen LogP contribution in [0.5, 0.6) is 0 Å². The maximum atomic E-state index is 4.34. The molecule has 2 aromatic heterocycles. The molecule has 2 rings (SSSR count). The molecule has 2 N–H and O–H groups in total. The molecule has 2 aromatic rings. The summed E-state index contributed by atoms with van der Waals surface area (Å²) in [4.78, 5) is 4.08. The Bertz CT molecular complexity index is 458. The molecule has 0 radical (unpaired) electrons. The van der Waals surface area contributed by atoms with E-state index in [1.165, 1.54) is 11.9 Å². The quantitative estimate of drug-likeness (QED) is 0.800. The first-order chi connectivity index (χ1) is 8.16. The standard InChI is InChI=1S/C11H18N6/c1-8(10-6-17(3)16-9(10)2)12-5-4-11-13-7-14-15-11/h6-8,12H,4-5H2,1-3H3,(H,13,14,15). The third-order valence-electron chi connectivity index (χ3n) is 2.80. The molecule has 0 aliphatic rings. The largest absolute Gasteiger partial charge is 0.310 e. The summed E-state index contributed by atoms with van der Waals surface area (Å²) in [6, 6.07) is 0.298. The second kappa shape index (κ2) is 5.09. The lowest BCUT2D eigenvalue weighted by atomic mass is 10.1. The molecule has 1 unspecified atom stereocenters. The second-order valence-electron chi connectivity index (χ2n) is 4.20. The molecule has 0 saturated carbocycles. The highest BCUT2D eigenvalue weighted by atomic mass is 15.3. The number of aromatic amines is 1. The van der Waals surface area contributed by atoms with Crippen LogP contribution in [0.3, 0.4) is 0 Å². The smallest absolute Gasteiger partial charge is 0.137 e. The molecular weight excluding hydrogens is 216 g/mol. The van der Waals surface area contributed by atoms with E-state index in [-0.39, 0.29) is 0 Å². The average molecular weight is 234 g/mol. The van der Waals surface area contributed by atoms with E-state index in [1.807, 2.05) is 18.7 Å². The summed E-state index contributed by atoms with van der Waals surface area (Å²) >= 11 is 0. The van der Waals surface area contributed by atoms with Gasteiger partial charge in [-0.1, -0.05) is 0 Å². The van der Waals surface area contributed by atoms with Gasteiger partial charge in [-0.2, -0.15) is 10.2 Å². The highest BCUT2D eigenvalue weighted by Crippen LogP contribution is 2.14. The van der Waals surface area contributed by atoms with Crippen LogP contribution in [-0.2, 0) is 13.5 Å². The van der Waals surface area contributed by atoms with Crippen molar-refractivity contribution < 1.29 is 0 Å². The van der Waals surface area contributed by atoms with Crippen molar-refractivity contribution in [2.75, 3.05) is 6.54 Å². The van der Waals surface area contributed by atoms with Crippen molar-refractivity contribution in [3.63, 3.8) is 0 Å². The molecule has 0 saturated heterocycles. The minimum Gasteiger partial charge on any atom is -0.310 e. The first kappa shape index (κ1) is 11.8. The fourth-order valence-electron chi connectivity index (χ4n) is 1.91. The summed E-state index contributed by atoms with van der Waals surface area (Å²) in [5, 5.41) is 14.5. The van der Waals surface area contributed by atoms with Gasteiger partial charge in [-0.3, -0.25) is 9.78 Å². The topological polar surface area (TPSA) is 71.4 Å². The lowest BCUT2D eigenvalue weighted by molar-refractivity contribution is 0.568. The van der Waals surface area contributed by atoms with E-state index in [9.17, 15) is 0 Å². The molecule has 6 nitrogen and oxygen atoms in total. The molecule has 1 atom stereocenters. The van der Waals surface area contributed by atoms with E-state index in [0.717, 1.165) is 24.5 Å². The third kappa shape index (κ3) is 2.91. The number of rotatable bonds is 5. The Hall–Kier alpha value is -1.69. The van der Waals surface area contributed by atoms with Crippen molar-refractivity contribution in [2.45, 2.75) is 26.3 Å².